The lowest BCUT2D eigenvalue weighted by molar-refractivity contribution is 0.0946. The zero-order chi connectivity index (χ0) is 19.2. The summed E-state index contributed by atoms with van der Waals surface area (Å²) in [6.07, 6.45) is 1.28. The molecule has 0 atom stereocenters. The van der Waals surface area contributed by atoms with Crippen LogP contribution in [0.5, 0.6) is 5.75 Å². The van der Waals surface area contributed by atoms with Crippen LogP contribution in [0.15, 0.2) is 54.9 Å². The van der Waals surface area contributed by atoms with Crippen molar-refractivity contribution >= 4 is 29.0 Å². The highest BCUT2D eigenvalue weighted by atomic mass is 35.5. The molecule has 1 aromatic heterocycles. The number of nitrogens with zero attached hydrogens (tertiary/aromatic N) is 2. The zero-order valence-corrected chi connectivity index (χ0v) is 15.1. The summed E-state index contributed by atoms with van der Waals surface area (Å²) in [4.78, 5) is 20.4. The highest BCUT2D eigenvalue weighted by molar-refractivity contribution is 6.31. The van der Waals surface area contributed by atoms with Gasteiger partial charge in [-0.05, 0) is 35.9 Å². The summed E-state index contributed by atoms with van der Waals surface area (Å²) in [6, 6.07) is 12.5. The Labute approximate surface area is 160 Å². The Kier molecular flexibility index (Phi) is 5.83. The summed E-state index contributed by atoms with van der Waals surface area (Å²) in [6.45, 7) is 0.258. The molecule has 0 aliphatic rings. The van der Waals surface area contributed by atoms with Gasteiger partial charge >= 0.3 is 0 Å². The number of carbonyl (C=O) groups is 1. The van der Waals surface area contributed by atoms with Crippen molar-refractivity contribution in [1.82, 2.24) is 15.3 Å². The second kappa shape index (κ2) is 8.46. The molecule has 0 spiro atoms. The average Bonchev–Trinajstić information content (AvgIpc) is 2.68. The van der Waals surface area contributed by atoms with Gasteiger partial charge in [-0.2, -0.15) is 0 Å². The normalized spacial score (nSPS) is 10.3. The number of anilines is 2. The molecule has 138 valence electrons. The minimum absolute atomic E-state index is 0.190. The lowest BCUT2D eigenvalue weighted by atomic mass is 10.2. The Bertz CT molecular complexity index is 951. The molecule has 1 heterocycles. The lowest BCUT2D eigenvalue weighted by Crippen LogP contribution is -2.24. The summed E-state index contributed by atoms with van der Waals surface area (Å²) in [7, 11) is 1.54. The number of carbonyl (C=O) groups excluding carboxylic acids is 1. The lowest BCUT2D eigenvalue weighted by Gasteiger charge is -2.11. The molecule has 0 fully saturated rings. The van der Waals surface area contributed by atoms with Crippen LogP contribution in [0.25, 0.3) is 0 Å². The van der Waals surface area contributed by atoms with Crippen LogP contribution in [0.3, 0.4) is 0 Å². The summed E-state index contributed by atoms with van der Waals surface area (Å²) in [5, 5.41) is 6.32. The molecule has 0 aliphatic carbocycles. The van der Waals surface area contributed by atoms with E-state index in [1.807, 2.05) is 0 Å². The molecule has 0 saturated heterocycles. The molecule has 27 heavy (non-hydrogen) atoms. The van der Waals surface area contributed by atoms with Gasteiger partial charge in [0.15, 0.2) is 0 Å². The van der Waals surface area contributed by atoms with Crippen LogP contribution in [0, 0.1) is 5.82 Å². The number of rotatable bonds is 6. The number of ether oxygens (including phenoxy) is 1. The molecular formula is C19H16ClFN4O2. The molecule has 0 radical (unpaired) electrons. The van der Waals surface area contributed by atoms with Crippen LogP contribution in [0.4, 0.5) is 15.9 Å². The molecule has 2 N–H and O–H groups in total. The standard InChI is InChI=1S/C19H16ClFN4O2/c1-27-17-7-4-13(20)8-15(17)25-18-9-16(23-11-24-18)19(26)22-10-12-2-5-14(21)6-3-12/h2-9,11H,10H2,1H3,(H,22,26)(H,23,24,25). The molecule has 0 bridgehead atoms. The Balaban J connectivity index is 1.70. The Morgan fingerprint density at radius 3 is 2.67 bits per heavy atom. The molecule has 6 nitrogen and oxygen atoms in total. The second-order valence-corrected chi connectivity index (χ2v) is 6.00. The number of benzene rings is 2. The summed E-state index contributed by atoms with van der Waals surface area (Å²) in [5.41, 5.74) is 1.58. The number of methoxy groups -OCH3 is 1. The van der Waals surface area contributed by atoms with E-state index in [0.29, 0.717) is 22.3 Å². The molecular weight excluding hydrogens is 371 g/mol. The molecule has 3 rings (SSSR count). The van der Waals surface area contributed by atoms with Crippen LogP contribution < -0.4 is 15.4 Å². The monoisotopic (exact) mass is 386 g/mol. The Morgan fingerprint density at radius 2 is 1.93 bits per heavy atom. The van der Waals surface area contributed by atoms with E-state index in [1.165, 1.54) is 24.5 Å². The molecule has 0 aliphatic heterocycles. The van der Waals surface area contributed by atoms with Crippen molar-refractivity contribution in [2.45, 2.75) is 6.54 Å². The van der Waals surface area contributed by atoms with E-state index in [9.17, 15) is 9.18 Å². The van der Waals surface area contributed by atoms with E-state index in [4.69, 9.17) is 16.3 Å². The zero-order valence-electron chi connectivity index (χ0n) is 14.4. The van der Waals surface area contributed by atoms with E-state index < -0.39 is 0 Å². The number of nitrogens with one attached hydrogen (secondary N) is 2. The summed E-state index contributed by atoms with van der Waals surface area (Å²) < 4.78 is 18.2. The minimum atomic E-state index is -0.372. The van der Waals surface area contributed by atoms with E-state index in [1.54, 1.807) is 37.4 Å². The fourth-order valence-corrected chi connectivity index (χ4v) is 2.51. The van der Waals surface area contributed by atoms with Crippen molar-refractivity contribution in [3.63, 3.8) is 0 Å². The minimum Gasteiger partial charge on any atom is -0.495 e. The Hall–Kier alpha value is -3.19. The largest absolute Gasteiger partial charge is 0.495 e. The molecule has 3 aromatic rings. The van der Waals surface area contributed by atoms with Gasteiger partial charge in [0.25, 0.3) is 5.91 Å². The van der Waals surface area contributed by atoms with Gasteiger partial charge in [0.2, 0.25) is 0 Å². The number of hydrogen-bond acceptors (Lipinski definition) is 5. The number of aromatic nitrogens is 2. The van der Waals surface area contributed by atoms with Gasteiger partial charge in [-0.15, -0.1) is 0 Å². The number of amides is 1. The maximum atomic E-state index is 12.9. The van der Waals surface area contributed by atoms with E-state index >= 15 is 0 Å². The first kappa shape index (κ1) is 18.6. The highest BCUT2D eigenvalue weighted by Gasteiger charge is 2.10. The third-order valence-electron chi connectivity index (χ3n) is 3.69. The van der Waals surface area contributed by atoms with Crippen molar-refractivity contribution in [3.05, 3.63) is 77.0 Å². The van der Waals surface area contributed by atoms with Gasteiger partial charge in [-0.3, -0.25) is 4.79 Å². The van der Waals surface area contributed by atoms with Crippen LogP contribution in [0.1, 0.15) is 16.1 Å². The van der Waals surface area contributed by atoms with Crippen molar-refractivity contribution in [2.75, 3.05) is 12.4 Å². The first-order chi connectivity index (χ1) is 13.0. The summed E-state index contributed by atoms with van der Waals surface area (Å²) in [5.74, 6) is 0.300. The highest BCUT2D eigenvalue weighted by Crippen LogP contribution is 2.29. The second-order valence-electron chi connectivity index (χ2n) is 5.57. The van der Waals surface area contributed by atoms with E-state index in [2.05, 4.69) is 20.6 Å². The van der Waals surface area contributed by atoms with Crippen molar-refractivity contribution in [1.29, 1.82) is 0 Å². The van der Waals surface area contributed by atoms with Gasteiger partial charge in [-0.25, -0.2) is 14.4 Å². The van der Waals surface area contributed by atoms with Gasteiger partial charge < -0.3 is 15.4 Å². The molecule has 0 unspecified atom stereocenters. The first-order valence-corrected chi connectivity index (χ1v) is 8.38. The number of hydrogen-bond donors (Lipinski definition) is 2. The first-order valence-electron chi connectivity index (χ1n) is 8.00. The fourth-order valence-electron chi connectivity index (χ4n) is 2.34. The summed E-state index contributed by atoms with van der Waals surface area (Å²) >= 11 is 6.02. The van der Waals surface area contributed by atoms with Crippen LogP contribution >= 0.6 is 11.6 Å². The van der Waals surface area contributed by atoms with E-state index in [0.717, 1.165) is 5.56 Å². The third-order valence-corrected chi connectivity index (χ3v) is 3.93. The number of halogens is 2. The van der Waals surface area contributed by atoms with Gasteiger partial charge in [0, 0.05) is 17.6 Å². The third kappa shape index (κ3) is 4.92. The van der Waals surface area contributed by atoms with Gasteiger partial charge in [0.1, 0.15) is 29.4 Å². The van der Waals surface area contributed by atoms with Crippen molar-refractivity contribution < 1.29 is 13.9 Å². The van der Waals surface area contributed by atoms with E-state index in [-0.39, 0.29) is 24.0 Å². The van der Waals surface area contributed by atoms with Crippen LogP contribution in [0.2, 0.25) is 5.02 Å². The molecule has 8 heteroatoms. The van der Waals surface area contributed by atoms with Crippen molar-refractivity contribution in [3.8, 4) is 5.75 Å². The van der Waals surface area contributed by atoms with Crippen LogP contribution in [-0.2, 0) is 6.54 Å². The predicted octanol–water partition coefficient (Wildman–Crippen LogP) is 3.95. The average molecular weight is 387 g/mol. The quantitative estimate of drug-likeness (QED) is 0.670. The SMILES string of the molecule is COc1ccc(Cl)cc1Nc1cc(C(=O)NCc2ccc(F)cc2)ncn1. The van der Waals surface area contributed by atoms with Crippen molar-refractivity contribution in [2.24, 2.45) is 0 Å². The molecule has 0 saturated carbocycles. The maximum Gasteiger partial charge on any atom is 0.270 e. The topological polar surface area (TPSA) is 76.1 Å². The predicted molar refractivity (Wildman–Crippen MR) is 101 cm³/mol. The fraction of sp³-hybridized carbons (Fsp3) is 0.105. The van der Waals surface area contributed by atoms with Gasteiger partial charge in [0.05, 0.1) is 12.8 Å². The smallest absolute Gasteiger partial charge is 0.270 e. The maximum absolute atomic E-state index is 12.9. The molecule has 1 amide bonds. The van der Waals surface area contributed by atoms with Gasteiger partial charge in [-0.1, -0.05) is 23.7 Å². The van der Waals surface area contributed by atoms with Crippen LogP contribution in [-0.4, -0.2) is 23.0 Å². The molecule has 2 aromatic carbocycles. The Morgan fingerprint density at radius 1 is 1.15 bits per heavy atom.